The Balaban J connectivity index is 1.71. The Labute approximate surface area is 136 Å². The predicted molar refractivity (Wildman–Crippen MR) is 90.2 cm³/mol. The van der Waals surface area contributed by atoms with Gasteiger partial charge >= 0.3 is 5.91 Å². The average molecular weight is 357 g/mol. The van der Waals surface area contributed by atoms with Crippen LogP contribution in [0.4, 0.5) is 0 Å². The molecule has 1 amide bonds. The first-order chi connectivity index (χ1) is 10.6. The summed E-state index contributed by atoms with van der Waals surface area (Å²) < 4.78 is 6.43. The second-order valence-electron chi connectivity index (χ2n) is 4.90. The summed E-state index contributed by atoms with van der Waals surface area (Å²) >= 11 is 3.39. The van der Waals surface area contributed by atoms with Crippen LogP contribution >= 0.6 is 15.9 Å². The second kappa shape index (κ2) is 6.15. The van der Waals surface area contributed by atoms with Crippen LogP contribution in [0.1, 0.15) is 21.7 Å². The number of aryl methyl sites for hydroxylation is 1. The van der Waals surface area contributed by atoms with Crippen LogP contribution in [0.2, 0.25) is 0 Å². The Morgan fingerprint density at radius 3 is 2.73 bits per heavy atom. The van der Waals surface area contributed by atoms with Gasteiger partial charge in [-0.25, -0.2) is 5.43 Å². The Bertz CT molecular complexity index is 851. The van der Waals surface area contributed by atoms with E-state index in [0.29, 0.717) is 5.58 Å². The molecule has 0 bridgehead atoms. The number of carbonyl (C=O) groups excluding carboxylic acids is 1. The van der Waals surface area contributed by atoms with Crippen LogP contribution in [0.15, 0.2) is 62.5 Å². The van der Waals surface area contributed by atoms with Crippen molar-refractivity contribution < 1.29 is 9.21 Å². The van der Waals surface area contributed by atoms with Gasteiger partial charge < -0.3 is 4.42 Å². The lowest BCUT2D eigenvalue weighted by Gasteiger charge is -1.96. The van der Waals surface area contributed by atoms with E-state index in [9.17, 15) is 4.79 Å². The third-order valence-corrected chi connectivity index (χ3v) is 3.65. The van der Waals surface area contributed by atoms with Gasteiger partial charge in [-0.15, -0.1) is 0 Å². The largest absolute Gasteiger partial charge is 0.451 e. The molecule has 1 aromatic heterocycles. The molecule has 4 nitrogen and oxygen atoms in total. The Morgan fingerprint density at radius 1 is 1.18 bits per heavy atom. The lowest BCUT2D eigenvalue weighted by atomic mass is 10.2. The van der Waals surface area contributed by atoms with Gasteiger partial charge in [0.05, 0.1) is 6.21 Å². The van der Waals surface area contributed by atoms with Crippen molar-refractivity contribution in [2.45, 2.75) is 6.92 Å². The summed E-state index contributed by atoms with van der Waals surface area (Å²) in [5.74, 6) is -0.148. The zero-order valence-corrected chi connectivity index (χ0v) is 13.4. The number of halogens is 1. The van der Waals surface area contributed by atoms with Crippen LogP contribution in [0, 0.1) is 6.92 Å². The summed E-state index contributed by atoms with van der Waals surface area (Å²) in [5, 5.41) is 4.80. The maximum Gasteiger partial charge on any atom is 0.307 e. The van der Waals surface area contributed by atoms with Gasteiger partial charge in [0.2, 0.25) is 0 Å². The highest BCUT2D eigenvalue weighted by molar-refractivity contribution is 9.10. The molecule has 0 atom stereocenters. The van der Waals surface area contributed by atoms with Gasteiger partial charge in [0.1, 0.15) is 5.58 Å². The Kier molecular flexibility index (Phi) is 4.06. The molecule has 1 heterocycles. The minimum atomic E-state index is -0.379. The third kappa shape index (κ3) is 3.26. The number of nitrogens with one attached hydrogen (secondary N) is 1. The predicted octanol–water partition coefficient (Wildman–Crippen LogP) is 4.27. The number of hydrogen-bond donors (Lipinski definition) is 1. The summed E-state index contributed by atoms with van der Waals surface area (Å²) in [6, 6.07) is 15.1. The molecule has 0 saturated heterocycles. The lowest BCUT2D eigenvalue weighted by Crippen LogP contribution is -2.16. The smallest absolute Gasteiger partial charge is 0.307 e. The van der Waals surface area contributed by atoms with Crippen molar-refractivity contribution >= 4 is 39.0 Å². The molecule has 110 valence electrons. The van der Waals surface area contributed by atoms with Gasteiger partial charge in [-0.2, -0.15) is 5.10 Å². The van der Waals surface area contributed by atoms with Crippen molar-refractivity contribution in [2.75, 3.05) is 0 Å². The number of benzene rings is 2. The first-order valence-electron chi connectivity index (χ1n) is 6.71. The molecule has 0 aliphatic carbocycles. The highest BCUT2D eigenvalue weighted by atomic mass is 79.9. The van der Waals surface area contributed by atoms with E-state index >= 15 is 0 Å². The van der Waals surface area contributed by atoms with Crippen LogP contribution in [0.5, 0.6) is 0 Å². The van der Waals surface area contributed by atoms with Gasteiger partial charge in [-0.3, -0.25) is 4.79 Å². The van der Waals surface area contributed by atoms with Crippen LogP contribution < -0.4 is 5.43 Å². The van der Waals surface area contributed by atoms with Crippen molar-refractivity contribution in [1.82, 2.24) is 5.43 Å². The van der Waals surface area contributed by atoms with Gasteiger partial charge in [0.25, 0.3) is 0 Å². The van der Waals surface area contributed by atoms with Crippen molar-refractivity contribution in [3.8, 4) is 0 Å². The fraction of sp³-hybridized carbons (Fsp3) is 0.0588. The van der Waals surface area contributed by atoms with E-state index in [1.54, 1.807) is 12.3 Å². The highest BCUT2D eigenvalue weighted by Crippen LogP contribution is 2.23. The summed E-state index contributed by atoms with van der Waals surface area (Å²) in [7, 11) is 0. The third-order valence-electron chi connectivity index (χ3n) is 3.16. The first-order valence-corrected chi connectivity index (χ1v) is 7.50. The molecule has 0 spiro atoms. The highest BCUT2D eigenvalue weighted by Gasteiger charge is 2.11. The molecule has 0 fully saturated rings. The quantitative estimate of drug-likeness (QED) is 0.562. The van der Waals surface area contributed by atoms with E-state index in [1.165, 1.54) is 5.56 Å². The number of hydrazone groups is 1. The number of rotatable bonds is 3. The maximum absolute atomic E-state index is 12.0. The van der Waals surface area contributed by atoms with Gasteiger partial charge in [0, 0.05) is 9.86 Å². The molecule has 0 aliphatic rings. The van der Waals surface area contributed by atoms with Crippen LogP contribution in [0.25, 0.3) is 11.0 Å². The van der Waals surface area contributed by atoms with Gasteiger partial charge in [-0.05, 0) is 36.8 Å². The van der Waals surface area contributed by atoms with E-state index in [1.807, 2.05) is 49.4 Å². The SMILES string of the molecule is Cc1ccc(/C=N/NC(=O)c2cc3cc(Br)ccc3o2)cc1. The molecule has 22 heavy (non-hydrogen) atoms. The van der Waals surface area contributed by atoms with Crippen LogP contribution in [0.3, 0.4) is 0 Å². The van der Waals surface area contributed by atoms with Gasteiger partial charge in [0.15, 0.2) is 5.76 Å². The monoisotopic (exact) mass is 356 g/mol. The number of carbonyl (C=O) groups is 1. The number of nitrogens with zero attached hydrogens (tertiary/aromatic N) is 1. The van der Waals surface area contributed by atoms with Crippen molar-refractivity contribution in [2.24, 2.45) is 5.10 Å². The summed E-state index contributed by atoms with van der Waals surface area (Å²) in [5.41, 5.74) is 5.22. The molecular weight excluding hydrogens is 344 g/mol. The number of amides is 1. The van der Waals surface area contributed by atoms with Crippen LogP contribution in [-0.4, -0.2) is 12.1 Å². The molecule has 0 aliphatic heterocycles. The molecule has 1 N–H and O–H groups in total. The fourth-order valence-electron chi connectivity index (χ4n) is 2.00. The molecular formula is C17H13BrN2O2. The fourth-order valence-corrected chi connectivity index (χ4v) is 2.38. The Morgan fingerprint density at radius 2 is 1.95 bits per heavy atom. The summed E-state index contributed by atoms with van der Waals surface area (Å²) in [6.45, 7) is 2.02. The minimum absolute atomic E-state index is 0.231. The van der Waals surface area contributed by atoms with Crippen molar-refractivity contribution in [3.63, 3.8) is 0 Å². The molecule has 3 aromatic rings. The normalized spacial score (nSPS) is 11.2. The number of furan rings is 1. The number of fused-ring (bicyclic) bond motifs is 1. The molecule has 0 radical (unpaired) electrons. The molecule has 2 aromatic carbocycles. The first kappa shape index (κ1) is 14.5. The molecule has 5 heteroatoms. The maximum atomic E-state index is 12.0. The van der Waals surface area contributed by atoms with E-state index in [0.717, 1.165) is 15.4 Å². The lowest BCUT2D eigenvalue weighted by molar-refractivity contribution is 0.0929. The van der Waals surface area contributed by atoms with Gasteiger partial charge in [-0.1, -0.05) is 45.8 Å². The van der Waals surface area contributed by atoms with Crippen molar-refractivity contribution in [1.29, 1.82) is 0 Å². The molecule has 3 rings (SSSR count). The summed E-state index contributed by atoms with van der Waals surface area (Å²) in [6.07, 6.45) is 1.59. The summed E-state index contributed by atoms with van der Waals surface area (Å²) in [4.78, 5) is 12.0. The average Bonchev–Trinajstić information content (AvgIpc) is 2.92. The number of hydrogen-bond acceptors (Lipinski definition) is 3. The van der Waals surface area contributed by atoms with Crippen molar-refractivity contribution in [3.05, 3.63) is 69.9 Å². The van der Waals surface area contributed by atoms with E-state index in [-0.39, 0.29) is 11.7 Å². The Hall–Kier alpha value is -2.40. The second-order valence-corrected chi connectivity index (χ2v) is 5.82. The molecule has 0 saturated carbocycles. The van der Waals surface area contributed by atoms with E-state index in [2.05, 4.69) is 26.5 Å². The topological polar surface area (TPSA) is 54.6 Å². The molecule has 0 unspecified atom stereocenters. The zero-order valence-electron chi connectivity index (χ0n) is 11.8. The standard InChI is InChI=1S/C17H13BrN2O2/c1-11-2-4-12(5-3-11)10-19-20-17(21)16-9-13-8-14(18)6-7-15(13)22-16/h2-10H,1H3,(H,20,21)/b19-10+. The van der Waals surface area contributed by atoms with E-state index in [4.69, 9.17) is 4.42 Å². The van der Waals surface area contributed by atoms with E-state index < -0.39 is 0 Å². The minimum Gasteiger partial charge on any atom is -0.451 e. The van der Waals surface area contributed by atoms with Crippen LogP contribution in [-0.2, 0) is 0 Å². The zero-order chi connectivity index (χ0) is 15.5.